The number of nitrogens with zero attached hydrogens (tertiary/aromatic N) is 2. The highest BCUT2D eigenvalue weighted by Gasteiger charge is 2.39. The fraction of sp³-hybridized carbons (Fsp3) is 0.688. The van der Waals surface area contributed by atoms with E-state index in [9.17, 15) is 0 Å². The van der Waals surface area contributed by atoms with Gasteiger partial charge in [-0.05, 0) is 30.9 Å². The summed E-state index contributed by atoms with van der Waals surface area (Å²) in [6.07, 6.45) is 12.0. The molecule has 2 heterocycles. The van der Waals surface area contributed by atoms with Crippen LogP contribution in [0.5, 0.6) is 0 Å². The second-order valence-electron chi connectivity index (χ2n) is 6.06. The normalized spacial score (nSPS) is 23.6. The molecule has 104 valence electrons. The van der Waals surface area contributed by atoms with Crippen LogP contribution < -0.4 is 5.32 Å². The van der Waals surface area contributed by atoms with Gasteiger partial charge in [-0.3, -0.25) is 9.88 Å². The van der Waals surface area contributed by atoms with Crippen LogP contribution in [0.1, 0.15) is 37.7 Å². The van der Waals surface area contributed by atoms with E-state index in [1.807, 2.05) is 18.5 Å². The number of hydrogen-bond acceptors (Lipinski definition) is 3. The van der Waals surface area contributed by atoms with Crippen molar-refractivity contribution in [1.82, 2.24) is 15.2 Å². The van der Waals surface area contributed by atoms with Gasteiger partial charge < -0.3 is 5.32 Å². The maximum absolute atomic E-state index is 4.22. The summed E-state index contributed by atoms with van der Waals surface area (Å²) in [5.74, 6) is 0. The zero-order valence-electron chi connectivity index (χ0n) is 11.8. The number of pyridine rings is 1. The summed E-state index contributed by atoms with van der Waals surface area (Å²) in [6.45, 7) is 4.74. The van der Waals surface area contributed by atoms with Gasteiger partial charge in [0.1, 0.15) is 0 Å². The van der Waals surface area contributed by atoms with Gasteiger partial charge in [-0.1, -0.05) is 25.3 Å². The Morgan fingerprint density at radius 1 is 1.26 bits per heavy atom. The van der Waals surface area contributed by atoms with E-state index in [1.165, 1.54) is 57.3 Å². The first kappa shape index (κ1) is 13.1. The van der Waals surface area contributed by atoms with Crippen LogP contribution in [-0.4, -0.2) is 41.6 Å². The average Bonchev–Trinajstić information content (AvgIpc) is 2.48. The highest BCUT2D eigenvalue weighted by molar-refractivity contribution is 5.09. The Morgan fingerprint density at radius 3 is 2.95 bits per heavy atom. The van der Waals surface area contributed by atoms with Crippen molar-refractivity contribution in [3.63, 3.8) is 0 Å². The zero-order valence-corrected chi connectivity index (χ0v) is 11.8. The van der Waals surface area contributed by atoms with Gasteiger partial charge in [0.25, 0.3) is 0 Å². The van der Waals surface area contributed by atoms with Gasteiger partial charge in [0, 0.05) is 44.1 Å². The van der Waals surface area contributed by atoms with Crippen molar-refractivity contribution in [2.24, 2.45) is 0 Å². The zero-order chi connectivity index (χ0) is 13.0. The van der Waals surface area contributed by atoms with Gasteiger partial charge in [-0.25, -0.2) is 0 Å². The Bertz CT molecular complexity index is 376. The predicted molar refractivity (Wildman–Crippen MR) is 78.2 cm³/mol. The molecular formula is C16H25N3. The van der Waals surface area contributed by atoms with E-state index in [4.69, 9.17) is 0 Å². The third kappa shape index (κ3) is 2.98. The molecule has 1 aromatic heterocycles. The van der Waals surface area contributed by atoms with Crippen molar-refractivity contribution in [2.45, 2.75) is 44.1 Å². The molecule has 0 atom stereocenters. The number of piperazine rings is 1. The van der Waals surface area contributed by atoms with Crippen LogP contribution in [0.25, 0.3) is 0 Å². The van der Waals surface area contributed by atoms with Gasteiger partial charge in [0.2, 0.25) is 0 Å². The molecule has 1 aliphatic carbocycles. The Balaban J connectivity index is 1.64. The summed E-state index contributed by atoms with van der Waals surface area (Å²) < 4.78 is 0. The van der Waals surface area contributed by atoms with Crippen LogP contribution in [0, 0.1) is 0 Å². The van der Waals surface area contributed by atoms with E-state index >= 15 is 0 Å². The second-order valence-corrected chi connectivity index (χ2v) is 6.06. The van der Waals surface area contributed by atoms with Crippen molar-refractivity contribution < 1.29 is 0 Å². The molecule has 3 nitrogen and oxygen atoms in total. The lowest BCUT2D eigenvalue weighted by atomic mass is 9.79. The molecule has 1 N–H and O–H groups in total. The first-order valence-electron chi connectivity index (χ1n) is 7.74. The molecule has 2 aliphatic rings. The van der Waals surface area contributed by atoms with Gasteiger partial charge >= 0.3 is 0 Å². The number of nitrogens with one attached hydrogen (secondary N) is 1. The minimum Gasteiger partial charge on any atom is -0.314 e. The highest BCUT2D eigenvalue weighted by atomic mass is 15.3. The molecule has 1 aromatic rings. The lowest BCUT2D eigenvalue weighted by molar-refractivity contribution is 0.0286. The maximum atomic E-state index is 4.22. The Kier molecular flexibility index (Phi) is 4.14. The van der Waals surface area contributed by atoms with Crippen LogP contribution in [0.4, 0.5) is 0 Å². The number of hydrogen-bond donors (Lipinski definition) is 1. The number of aromatic nitrogens is 1. The van der Waals surface area contributed by atoms with Crippen LogP contribution in [-0.2, 0) is 6.42 Å². The molecule has 1 spiro atoms. The van der Waals surface area contributed by atoms with Gasteiger partial charge in [0.15, 0.2) is 0 Å². The third-order valence-corrected chi connectivity index (χ3v) is 4.86. The van der Waals surface area contributed by atoms with Gasteiger partial charge in [-0.15, -0.1) is 0 Å². The SMILES string of the molecule is c1cncc(CCN2CCNCC23CCCCC3)c1. The summed E-state index contributed by atoms with van der Waals surface area (Å²) in [4.78, 5) is 6.98. The van der Waals surface area contributed by atoms with E-state index in [0.717, 1.165) is 13.0 Å². The van der Waals surface area contributed by atoms with Crippen LogP contribution in [0.2, 0.25) is 0 Å². The molecule has 0 amide bonds. The maximum Gasteiger partial charge on any atom is 0.0334 e. The quantitative estimate of drug-likeness (QED) is 0.902. The molecule has 0 aromatic carbocycles. The largest absolute Gasteiger partial charge is 0.314 e. The van der Waals surface area contributed by atoms with Crippen molar-refractivity contribution in [2.75, 3.05) is 26.2 Å². The molecule has 1 saturated heterocycles. The molecular weight excluding hydrogens is 234 g/mol. The summed E-state index contributed by atoms with van der Waals surface area (Å²) in [5.41, 5.74) is 1.82. The fourth-order valence-electron chi connectivity index (χ4n) is 3.75. The molecule has 19 heavy (non-hydrogen) atoms. The lowest BCUT2D eigenvalue weighted by Crippen LogP contribution is -2.62. The standard InChI is InChI=1S/C16H25N3/c1-2-7-16(8-3-1)14-18-10-12-19(16)11-6-15-5-4-9-17-13-15/h4-5,9,13,18H,1-3,6-8,10-12,14H2. The van der Waals surface area contributed by atoms with Crippen molar-refractivity contribution in [3.05, 3.63) is 30.1 Å². The van der Waals surface area contributed by atoms with Crippen molar-refractivity contribution in [1.29, 1.82) is 0 Å². The van der Waals surface area contributed by atoms with Crippen molar-refractivity contribution in [3.8, 4) is 0 Å². The fourth-order valence-corrected chi connectivity index (χ4v) is 3.75. The van der Waals surface area contributed by atoms with E-state index in [2.05, 4.69) is 21.3 Å². The van der Waals surface area contributed by atoms with Crippen LogP contribution >= 0.6 is 0 Å². The second kappa shape index (κ2) is 6.02. The predicted octanol–water partition coefficient (Wildman–Crippen LogP) is 2.23. The average molecular weight is 259 g/mol. The van der Waals surface area contributed by atoms with E-state index < -0.39 is 0 Å². The van der Waals surface area contributed by atoms with Gasteiger partial charge in [-0.2, -0.15) is 0 Å². The monoisotopic (exact) mass is 259 g/mol. The molecule has 0 unspecified atom stereocenters. The summed E-state index contributed by atoms with van der Waals surface area (Å²) in [6, 6.07) is 4.24. The molecule has 0 bridgehead atoms. The van der Waals surface area contributed by atoms with Gasteiger partial charge in [0.05, 0.1) is 0 Å². The Labute approximate surface area is 116 Å². The van der Waals surface area contributed by atoms with E-state index in [1.54, 1.807) is 0 Å². The molecule has 3 heteroatoms. The summed E-state index contributed by atoms with van der Waals surface area (Å²) >= 11 is 0. The molecule has 1 aliphatic heterocycles. The Hall–Kier alpha value is -0.930. The molecule has 0 radical (unpaired) electrons. The molecule has 3 rings (SSSR count). The van der Waals surface area contributed by atoms with E-state index in [0.29, 0.717) is 5.54 Å². The van der Waals surface area contributed by atoms with Crippen molar-refractivity contribution >= 4 is 0 Å². The van der Waals surface area contributed by atoms with E-state index in [-0.39, 0.29) is 0 Å². The first-order valence-corrected chi connectivity index (χ1v) is 7.74. The lowest BCUT2D eigenvalue weighted by Gasteiger charge is -2.50. The number of rotatable bonds is 3. The molecule has 1 saturated carbocycles. The smallest absolute Gasteiger partial charge is 0.0334 e. The minimum atomic E-state index is 0.457. The molecule has 2 fully saturated rings. The summed E-state index contributed by atoms with van der Waals surface area (Å²) in [7, 11) is 0. The minimum absolute atomic E-state index is 0.457. The third-order valence-electron chi connectivity index (χ3n) is 4.86. The highest BCUT2D eigenvalue weighted by Crippen LogP contribution is 2.34. The first-order chi connectivity index (χ1) is 9.39. The summed E-state index contributed by atoms with van der Waals surface area (Å²) in [5, 5.41) is 3.62. The Morgan fingerprint density at radius 2 is 2.16 bits per heavy atom. The van der Waals surface area contributed by atoms with Crippen LogP contribution in [0.15, 0.2) is 24.5 Å². The topological polar surface area (TPSA) is 28.2 Å². The van der Waals surface area contributed by atoms with Crippen LogP contribution in [0.3, 0.4) is 0 Å².